The Morgan fingerprint density at radius 3 is 2.80 bits per heavy atom. The Bertz CT molecular complexity index is 413. The molecule has 0 heterocycles. The lowest BCUT2D eigenvalue weighted by molar-refractivity contribution is 0.179. The van der Waals surface area contributed by atoms with Crippen LogP contribution in [0.15, 0.2) is 29.3 Å². The van der Waals surface area contributed by atoms with Crippen LogP contribution in [0.2, 0.25) is 0 Å². The van der Waals surface area contributed by atoms with Crippen molar-refractivity contribution in [2.75, 3.05) is 27.4 Å². The molecule has 1 aromatic rings. The zero-order valence-electron chi connectivity index (χ0n) is 12.3. The van der Waals surface area contributed by atoms with Gasteiger partial charge in [0.05, 0.1) is 13.7 Å². The number of guanidine groups is 1. The topological polar surface area (TPSA) is 68.9 Å². The highest BCUT2D eigenvalue weighted by molar-refractivity contribution is 14.0. The molecule has 0 amide bonds. The van der Waals surface area contributed by atoms with Gasteiger partial charge in [-0.2, -0.15) is 0 Å². The zero-order chi connectivity index (χ0) is 14.1. The number of methoxy groups -OCH3 is 2. The van der Waals surface area contributed by atoms with Crippen LogP contribution in [0.25, 0.3) is 0 Å². The second kappa shape index (κ2) is 10.7. The van der Waals surface area contributed by atoms with Crippen LogP contribution in [0.1, 0.15) is 12.5 Å². The van der Waals surface area contributed by atoms with Crippen LogP contribution in [-0.2, 0) is 11.2 Å². The van der Waals surface area contributed by atoms with E-state index in [1.54, 1.807) is 14.2 Å². The molecule has 114 valence electrons. The molecule has 3 N–H and O–H groups in total. The molecule has 5 nitrogen and oxygen atoms in total. The fourth-order valence-electron chi connectivity index (χ4n) is 1.72. The Balaban J connectivity index is 0.00000361. The third-order valence-corrected chi connectivity index (χ3v) is 2.63. The Morgan fingerprint density at radius 1 is 1.40 bits per heavy atom. The molecule has 0 aromatic heterocycles. The molecule has 6 heteroatoms. The summed E-state index contributed by atoms with van der Waals surface area (Å²) in [6.07, 6.45) is 0.832. The van der Waals surface area contributed by atoms with Crippen molar-refractivity contribution in [1.82, 2.24) is 5.32 Å². The van der Waals surface area contributed by atoms with Crippen LogP contribution in [0.4, 0.5) is 0 Å². The molecule has 1 rings (SSSR count). The molecular weight excluding hydrogens is 369 g/mol. The summed E-state index contributed by atoms with van der Waals surface area (Å²) in [5.74, 6) is 1.31. The van der Waals surface area contributed by atoms with E-state index in [4.69, 9.17) is 15.2 Å². The predicted octanol–water partition coefficient (Wildman–Crippen LogP) is 1.79. The van der Waals surface area contributed by atoms with Gasteiger partial charge in [0.15, 0.2) is 5.96 Å². The van der Waals surface area contributed by atoms with Crippen molar-refractivity contribution in [3.8, 4) is 5.75 Å². The zero-order valence-corrected chi connectivity index (χ0v) is 14.6. The van der Waals surface area contributed by atoms with E-state index in [-0.39, 0.29) is 30.0 Å². The monoisotopic (exact) mass is 393 g/mol. The molecule has 1 atom stereocenters. The van der Waals surface area contributed by atoms with Gasteiger partial charge >= 0.3 is 0 Å². The maximum atomic E-state index is 5.78. The summed E-state index contributed by atoms with van der Waals surface area (Å²) < 4.78 is 10.2. The minimum atomic E-state index is 0. The first-order valence-corrected chi connectivity index (χ1v) is 6.34. The van der Waals surface area contributed by atoms with Crippen molar-refractivity contribution >= 4 is 29.9 Å². The largest absolute Gasteiger partial charge is 0.497 e. The van der Waals surface area contributed by atoms with E-state index in [2.05, 4.69) is 16.4 Å². The van der Waals surface area contributed by atoms with Crippen LogP contribution in [0.3, 0.4) is 0 Å². The standard InChI is InChI=1S/C14H23N3O2.HI/c1-11(10-18-2)17-14(15)16-8-7-12-5-4-6-13(9-12)19-3;/h4-6,9,11H,7-8,10H2,1-3H3,(H3,15,16,17);1H. The quantitative estimate of drug-likeness (QED) is 0.421. The number of hydrogen-bond acceptors (Lipinski definition) is 3. The summed E-state index contributed by atoms with van der Waals surface area (Å²) in [7, 11) is 3.32. The Labute approximate surface area is 138 Å². The van der Waals surface area contributed by atoms with E-state index in [0.29, 0.717) is 19.1 Å². The van der Waals surface area contributed by atoms with Gasteiger partial charge < -0.3 is 20.5 Å². The average Bonchev–Trinajstić information content (AvgIpc) is 2.39. The van der Waals surface area contributed by atoms with Crippen LogP contribution in [0, 0.1) is 0 Å². The first-order chi connectivity index (χ1) is 9.15. The molecule has 0 bridgehead atoms. The highest BCUT2D eigenvalue weighted by Crippen LogP contribution is 2.12. The number of nitrogens with two attached hydrogens (primary N) is 1. The lowest BCUT2D eigenvalue weighted by atomic mass is 10.1. The van der Waals surface area contributed by atoms with E-state index >= 15 is 0 Å². The molecule has 0 aliphatic carbocycles. The minimum Gasteiger partial charge on any atom is -0.497 e. The molecule has 0 aliphatic rings. The maximum absolute atomic E-state index is 5.78. The van der Waals surface area contributed by atoms with Gasteiger partial charge in [-0.05, 0) is 31.0 Å². The number of hydrogen-bond donors (Lipinski definition) is 2. The van der Waals surface area contributed by atoms with Crippen LogP contribution in [-0.4, -0.2) is 39.4 Å². The highest BCUT2D eigenvalue weighted by atomic mass is 127. The summed E-state index contributed by atoms with van der Waals surface area (Å²) in [5, 5.41) is 3.07. The lowest BCUT2D eigenvalue weighted by Gasteiger charge is -2.13. The van der Waals surface area contributed by atoms with Crippen molar-refractivity contribution in [2.45, 2.75) is 19.4 Å². The molecular formula is C14H24IN3O2. The van der Waals surface area contributed by atoms with E-state index in [0.717, 1.165) is 12.2 Å². The number of nitrogens with zero attached hydrogens (tertiary/aromatic N) is 1. The molecule has 20 heavy (non-hydrogen) atoms. The molecule has 0 saturated heterocycles. The van der Waals surface area contributed by atoms with Gasteiger partial charge in [0, 0.05) is 19.7 Å². The van der Waals surface area contributed by atoms with Gasteiger partial charge in [0.25, 0.3) is 0 Å². The number of benzene rings is 1. The van der Waals surface area contributed by atoms with E-state index in [1.165, 1.54) is 5.56 Å². The van der Waals surface area contributed by atoms with Crippen LogP contribution < -0.4 is 15.8 Å². The smallest absolute Gasteiger partial charge is 0.188 e. The first-order valence-electron chi connectivity index (χ1n) is 6.34. The van der Waals surface area contributed by atoms with Gasteiger partial charge in [0.1, 0.15) is 5.75 Å². The molecule has 1 aromatic carbocycles. The number of rotatable bonds is 7. The summed E-state index contributed by atoms with van der Waals surface area (Å²) in [4.78, 5) is 4.28. The molecule has 0 spiro atoms. The van der Waals surface area contributed by atoms with Crippen molar-refractivity contribution in [3.63, 3.8) is 0 Å². The number of ether oxygens (including phenoxy) is 2. The Hall–Kier alpha value is -1.02. The van der Waals surface area contributed by atoms with Crippen molar-refractivity contribution < 1.29 is 9.47 Å². The van der Waals surface area contributed by atoms with Gasteiger partial charge in [-0.25, -0.2) is 0 Å². The summed E-state index contributed by atoms with van der Waals surface area (Å²) in [6, 6.07) is 8.11. The van der Waals surface area contributed by atoms with Crippen molar-refractivity contribution in [1.29, 1.82) is 0 Å². The van der Waals surface area contributed by atoms with E-state index in [9.17, 15) is 0 Å². The van der Waals surface area contributed by atoms with E-state index < -0.39 is 0 Å². The minimum absolute atomic E-state index is 0. The Morgan fingerprint density at radius 2 is 2.15 bits per heavy atom. The van der Waals surface area contributed by atoms with Crippen molar-refractivity contribution in [3.05, 3.63) is 29.8 Å². The number of aliphatic imine (C=N–C) groups is 1. The van der Waals surface area contributed by atoms with Gasteiger partial charge in [0.2, 0.25) is 0 Å². The average molecular weight is 393 g/mol. The van der Waals surface area contributed by atoms with Crippen LogP contribution in [0.5, 0.6) is 5.75 Å². The molecule has 1 unspecified atom stereocenters. The molecule has 0 aliphatic heterocycles. The fraction of sp³-hybridized carbons (Fsp3) is 0.500. The Kier molecular flexibility index (Phi) is 10.2. The number of halogens is 1. The summed E-state index contributed by atoms with van der Waals surface area (Å²) in [6.45, 7) is 3.24. The van der Waals surface area contributed by atoms with Gasteiger partial charge in [-0.3, -0.25) is 4.99 Å². The third-order valence-electron chi connectivity index (χ3n) is 2.63. The fourth-order valence-corrected chi connectivity index (χ4v) is 1.72. The predicted molar refractivity (Wildman–Crippen MR) is 93.1 cm³/mol. The first kappa shape index (κ1) is 19.0. The highest BCUT2D eigenvalue weighted by Gasteiger charge is 2.01. The van der Waals surface area contributed by atoms with Gasteiger partial charge in [-0.1, -0.05) is 12.1 Å². The second-order valence-electron chi connectivity index (χ2n) is 4.37. The molecule has 0 fully saturated rings. The van der Waals surface area contributed by atoms with Crippen LogP contribution >= 0.6 is 24.0 Å². The van der Waals surface area contributed by atoms with Crippen molar-refractivity contribution in [2.24, 2.45) is 10.7 Å². The van der Waals surface area contributed by atoms with Gasteiger partial charge in [-0.15, -0.1) is 24.0 Å². The SMILES string of the molecule is COCC(C)NC(N)=NCCc1cccc(OC)c1.I. The third kappa shape index (κ3) is 7.54. The molecule has 0 saturated carbocycles. The lowest BCUT2D eigenvalue weighted by Crippen LogP contribution is -2.40. The van der Waals surface area contributed by atoms with E-state index in [1.807, 2.05) is 25.1 Å². The maximum Gasteiger partial charge on any atom is 0.188 e. The molecule has 0 radical (unpaired) electrons. The summed E-state index contributed by atoms with van der Waals surface area (Å²) in [5.41, 5.74) is 6.97. The second-order valence-corrected chi connectivity index (χ2v) is 4.37. The normalized spacial score (nSPS) is 12.4. The summed E-state index contributed by atoms with van der Waals surface area (Å²) >= 11 is 0. The number of nitrogens with one attached hydrogen (secondary N) is 1.